The van der Waals surface area contributed by atoms with Gasteiger partial charge in [0.25, 0.3) is 5.91 Å². The van der Waals surface area contributed by atoms with Crippen molar-refractivity contribution in [1.29, 1.82) is 0 Å². The van der Waals surface area contributed by atoms with Crippen molar-refractivity contribution in [2.24, 2.45) is 0 Å². The number of morpholine rings is 1. The molecule has 0 unspecified atom stereocenters. The second-order valence-electron chi connectivity index (χ2n) is 9.02. The maximum absolute atomic E-state index is 13.6. The molecule has 0 spiro atoms. The lowest BCUT2D eigenvalue weighted by Gasteiger charge is -2.26. The van der Waals surface area contributed by atoms with Crippen molar-refractivity contribution < 1.29 is 28.6 Å². The summed E-state index contributed by atoms with van der Waals surface area (Å²) in [5, 5.41) is 10.7. The second-order valence-corrected chi connectivity index (χ2v) is 9.02. The number of hydrogen-bond acceptors (Lipinski definition) is 8. The average molecular weight is 524 g/mol. The third-order valence-corrected chi connectivity index (χ3v) is 6.37. The Morgan fingerprint density at radius 2 is 1.82 bits per heavy atom. The first kappa shape index (κ1) is 27.1. The Balaban J connectivity index is 1.69. The Bertz CT molecular complexity index is 1290. The molecule has 11 nitrogen and oxygen atoms in total. The molecule has 1 aromatic heterocycles. The third kappa shape index (κ3) is 6.48. The zero-order chi connectivity index (χ0) is 27.1. The molecule has 11 heteroatoms. The summed E-state index contributed by atoms with van der Waals surface area (Å²) in [5.41, 5.74) is 2.09. The van der Waals surface area contributed by atoms with Crippen molar-refractivity contribution >= 4 is 34.4 Å². The van der Waals surface area contributed by atoms with Crippen LogP contribution in [0.15, 0.2) is 42.5 Å². The van der Waals surface area contributed by atoms with Crippen molar-refractivity contribution in [3.8, 4) is 5.75 Å². The van der Waals surface area contributed by atoms with E-state index in [0.29, 0.717) is 48.6 Å². The van der Waals surface area contributed by atoms with Gasteiger partial charge in [0.05, 0.1) is 34.0 Å². The predicted octanol–water partition coefficient (Wildman–Crippen LogP) is 1.85. The molecule has 0 bridgehead atoms. The topological polar surface area (TPSA) is 124 Å². The zero-order valence-electron chi connectivity index (χ0n) is 21.9. The molecule has 2 heterocycles. The summed E-state index contributed by atoms with van der Waals surface area (Å²) in [6.45, 7) is 5.59. The molecule has 1 aliphatic heterocycles. The number of carbonyl (C=O) groups is 3. The average Bonchev–Trinajstić information content (AvgIpc) is 3.30. The van der Waals surface area contributed by atoms with E-state index in [2.05, 4.69) is 20.6 Å². The van der Waals surface area contributed by atoms with E-state index in [1.54, 1.807) is 16.8 Å². The molecule has 3 aromatic rings. The smallest absolute Gasteiger partial charge is 0.328 e. The van der Waals surface area contributed by atoms with Crippen LogP contribution in [0.5, 0.6) is 5.75 Å². The normalized spacial score (nSPS) is 14.6. The van der Waals surface area contributed by atoms with Crippen LogP contribution in [0.4, 0.5) is 5.69 Å². The van der Waals surface area contributed by atoms with Crippen LogP contribution in [0.25, 0.3) is 10.9 Å². The number of aromatic nitrogens is 2. The van der Waals surface area contributed by atoms with Crippen molar-refractivity contribution in [2.75, 3.05) is 52.4 Å². The molecule has 2 amide bonds. The summed E-state index contributed by atoms with van der Waals surface area (Å²) >= 11 is 0. The molecule has 0 aliphatic carbocycles. The number of nitrogens with one attached hydrogen (secondary N) is 2. The van der Waals surface area contributed by atoms with Gasteiger partial charge < -0.3 is 24.8 Å². The number of nitrogens with zero attached hydrogens (tertiary/aromatic N) is 3. The SMILES string of the molecule is COC(=O)[C@H](Cc1ccccc1)NC(=O)c1nn(CCN2CCOCC2)c2c(OC)cc(NC(C)=O)cc12. The number of carbonyl (C=O) groups excluding carboxylic acids is 3. The second kappa shape index (κ2) is 12.5. The van der Waals surface area contributed by atoms with Gasteiger partial charge in [0.15, 0.2) is 5.69 Å². The summed E-state index contributed by atoms with van der Waals surface area (Å²) in [6, 6.07) is 11.8. The molecular formula is C27H33N5O6. The monoisotopic (exact) mass is 523 g/mol. The highest BCUT2D eigenvalue weighted by atomic mass is 16.5. The lowest BCUT2D eigenvalue weighted by molar-refractivity contribution is -0.142. The van der Waals surface area contributed by atoms with Gasteiger partial charge in [-0.15, -0.1) is 0 Å². The van der Waals surface area contributed by atoms with Crippen molar-refractivity contribution in [2.45, 2.75) is 25.9 Å². The van der Waals surface area contributed by atoms with Gasteiger partial charge >= 0.3 is 5.97 Å². The Labute approximate surface area is 221 Å². The molecule has 38 heavy (non-hydrogen) atoms. The van der Waals surface area contributed by atoms with E-state index in [9.17, 15) is 14.4 Å². The van der Waals surface area contributed by atoms with Crippen LogP contribution in [-0.4, -0.2) is 85.6 Å². The minimum Gasteiger partial charge on any atom is -0.494 e. The van der Waals surface area contributed by atoms with Gasteiger partial charge in [-0.25, -0.2) is 4.79 Å². The first-order valence-corrected chi connectivity index (χ1v) is 12.5. The maximum Gasteiger partial charge on any atom is 0.328 e. The van der Waals surface area contributed by atoms with Crippen molar-refractivity contribution in [3.05, 3.63) is 53.7 Å². The van der Waals surface area contributed by atoms with Gasteiger partial charge in [0.1, 0.15) is 17.3 Å². The lowest BCUT2D eigenvalue weighted by Crippen LogP contribution is -2.43. The molecule has 1 atom stereocenters. The molecule has 0 radical (unpaired) electrons. The van der Waals surface area contributed by atoms with E-state index in [4.69, 9.17) is 14.2 Å². The largest absolute Gasteiger partial charge is 0.494 e. The maximum atomic E-state index is 13.6. The fourth-order valence-electron chi connectivity index (χ4n) is 4.51. The Kier molecular flexibility index (Phi) is 8.93. The van der Waals surface area contributed by atoms with Gasteiger partial charge in [-0.3, -0.25) is 19.2 Å². The predicted molar refractivity (Wildman–Crippen MR) is 141 cm³/mol. The molecule has 202 valence electrons. The van der Waals surface area contributed by atoms with Gasteiger partial charge in [-0.1, -0.05) is 30.3 Å². The molecule has 0 saturated carbocycles. The Hall–Kier alpha value is -3.96. The number of anilines is 1. The van der Waals surface area contributed by atoms with Crippen molar-refractivity contribution in [3.63, 3.8) is 0 Å². The lowest BCUT2D eigenvalue weighted by atomic mass is 10.1. The minimum absolute atomic E-state index is 0.120. The van der Waals surface area contributed by atoms with Gasteiger partial charge in [-0.05, 0) is 11.6 Å². The summed E-state index contributed by atoms with van der Waals surface area (Å²) < 4.78 is 17.8. The molecule has 1 aliphatic rings. The number of fused-ring (bicyclic) bond motifs is 1. The zero-order valence-corrected chi connectivity index (χ0v) is 21.9. The first-order valence-electron chi connectivity index (χ1n) is 12.5. The molecule has 4 rings (SSSR count). The summed E-state index contributed by atoms with van der Waals surface area (Å²) in [7, 11) is 2.81. The Morgan fingerprint density at radius 1 is 1.08 bits per heavy atom. The first-order chi connectivity index (χ1) is 18.4. The number of esters is 1. The number of ether oxygens (including phenoxy) is 3. The highest BCUT2D eigenvalue weighted by Crippen LogP contribution is 2.32. The number of rotatable bonds is 10. The van der Waals surface area contributed by atoms with Crippen molar-refractivity contribution in [1.82, 2.24) is 20.0 Å². The summed E-state index contributed by atoms with van der Waals surface area (Å²) in [6.07, 6.45) is 0.259. The third-order valence-electron chi connectivity index (χ3n) is 6.37. The molecular weight excluding hydrogens is 490 g/mol. The van der Waals surface area contributed by atoms with Crippen LogP contribution >= 0.6 is 0 Å². The van der Waals surface area contributed by atoms with Crippen LogP contribution < -0.4 is 15.4 Å². The molecule has 2 aromatic carbocycles. The van der Waals surface area contributed by atoms with Crippen LogP contribution in [0, 0.1) is 0 Å². The van der Waals surface area contributed by atoms with Crippen LogP contribution in [0.3, 0.4) is 0 Å². The van der Waals surface area contributed by atoms with E-state index in [1.807, 2.05) is 30.3 Å². The number of hydrogen-bond donors (Lipinski definition) is 2. The van der Waals surface area contributed by atoms with E-state index < -0.39 is 17.9 Å². The van der Waals surface area contributed by atoms with Gasteiger partial charge in [0, 0.05) is 50.1 Å². The Morgan fingerprint density at radius 3 is 2.47 bits per heavy atom. The summed E-state index contributed by atoms with van der Waals surface area (Å²) in [5.74, 6) is -0.887. The van der Waals surface area contributed by atoms with Gasteiger partial charge in [0.2, 0.25) is 5.91 Å². The van der Waals surface area contributed by atoms with E-state index in [0.717, 1.165) is 18.7 Å². The summed E-state index contributed by atoms with van der Waals surface area (Å²) in [4.78, 5) is 40.2. The molecule has 2 N–H and O–H groups in total. The standard InChI is InChI=1S/C27H33N5O6/c1-18(33)28-20-16-21-24(26(34)29-22(27(35)37-3)15-19-7-5-4-6-8-19)30-32(25(21)23(17-20)36-2)10-9-31-11-13-38-14-12-31/h4-8,16-17,22H,9-15H2,1-3H3,(H,28,33)(H,29,34)/t22-/m0/s1. The fraction of sp³-hybridized carbons (Fsp3) is 0.407. The number of methoxy groups -OCH3 is 2. The number of amides is 2. The number of benzene rings is 2. The van der Waals surface area contributed by atoms with Crippen LogP contribution in [0.1, 0.15) is 23.0 Å². The highest BCUT2D eigenvalue weighted by molar-refractivity contribution is 6.08. The minimum atomic E-state index is -0.913. The highest BCUT2D eigenvalue weighted by Gasteiger charge is 2.27. The molecule has 1 saturated heterocycles. The van der Waals surface area contributed by atoms with E-state index in [-0.39, 0.29) is 18.0 Å². The van der Waals surface area contributed by atoms with Gasteiger partial charge in [-0.2, -0.15) is 5.10 Å². The fourth-order valence-corrected chi connectivity index (χ4v) is 4.51. The van der Waals surface area contributed by atoms with E-state index in [1.165, 1.54) is 21.1 Å². The van der Waals surface area contributed by atoms with E-state index >= 15 is 0 Å². The molecule has 1 fully saturated rings. The van der Waals surface area contributed by atoms with Crippen LogP contribution in [0.2, 0.25) is 0 Å². The van der Waals surface area contributed by atoms with Crippen LogP contribution in [-0.2, 0) is 32.0 Å². The quantitative estimate of drug-likeness (QED) is 0.386.